The molecule has 0 radical (unpaired) electrons. The number of nitrogens with two attached hydrogens (primary N) is 1. The van der Waals surface area contributed by atoms with Crippen LogP contribution in [0, 0.1) is 0 Å². The van der Waals surface area contributed by atoms with E-state index in [1.807, 2.05) is 65.5 Å². The third-order valence-corrected chi connectivity index (χ3v) is 4.15. The molecular weight excluding hydrogens is 350 g/mol. The van der Waals surface area contributed by atoms with E-state index in [-0.39, 0.29) is 6.04 Å². The molecule has 134 valence electrons. The summed E-state index contributed by atoms with van der Waals surface area (Å²) in [5, 5.41) is 8.10. The first-order valence-electron chi connectivity index (χ1n) is 8.11. The van der Waals surface area contributed by atoms with E-state index in [2.05, 4.69) is 15.4 Å². The molecular formula is C19H20ClN5O. The van der Waals surface area contributed by atoms with Crippen molar-refractivity contribution in [2.45, 2.75) is 6.04 Å². The van der Waals surface area contributed by atoms with E-state index in [0.717, 1.165) is 17.0 Å². The topological polar surface area (TPSA) is 77.5 Å². The molecule has 0 aliphatic heterocycles. The third kappa shape index (κ3) is 4.55. The van der Waals surface area contributed by atoms with Crippen LogP contribution in [0.1, 0.15) is 11.6 Å². The molecule has 0 aliphatic rings. The molecule has 1 aromatic heterocycles. The third-order valence-electron chi connectivity index (χ3n) is 3.90. The predicted octanol–water partition coefficient (Wildman–Crippen LogP) is 3.56. The minimum absolute atomic E-state index is 0.0708. The Labute approximate surface area is 157 Å². The van der Waals surface area contributed by atoms with Gasteiger partial charge in [-0.05, 0) is 48.0 Å². The van der Waals surface area contributed by atoms with E-state index in [4.69, 9.17) is 22.1 Å². The minimum Gasteiger partial charge on any atom is -0.497 e. The van der Waals surface area contributed by atoms with E-state index in [1.165, 1.54) is 0 Å². The molecule has 3 rings (SSSR count). The van der Waals surface area contributed by atoms with Crippen molar-refractivity contribution >= 4 is 23.2 Å². The van der Waals surface area contributed by atoms with E-state index in [0.29, 0.717) is 17.5 Å². The Morgan fingerprint density at radius 1 is 1.23 bits per heavy atom. The Kier molecular flexibility index (Phi) is 5.76. The molecule has 0 fully saturated rings. The molecule has 0 amide bonds. The van der Waals surface area contributed by atoms with Crippen molar-refractivity contribution in [3.8, 4) is 5.75 Å². The molecule has 0 bridgehead atoms. The van der Waals surface area contributed by atoms with Crippen LogP contribution in [0.5, 0.6) is 5.75 Å². The van der Waals surface area contributed by atoms with Crippen LogP contribution in [-0.2, 0) is 0 Å². The zero-order chi connectivity index (χ0) is 18.4. The van der Waals surface area contributed by atoms with Crippen LogP contribution in [0.25, 0.3) is 0 Å². The lowest BCUT2D eigenvalue weighted by Gasteiger charge is -2.17. The second kappa shape index (κ2) is 8.40. The number of guanidine groups is 1. The van der Waals surface area contributed by atoms with Crippen LogP contribution in [0.2, 0.25) is 5.02 Å². The molecule has 7 heteroatoms. The van der Waals surface area contributed by atoms with E-state index in [9.17, 15) is 0 Å². The number of nitrogens with zero attached hydrogens (tertiary/aromatic N) is 3. The molecule has 0 saturated carbocycles. The van der Waals surface area contributed by atoms with Crippen molar-refractivity contribution < 1.29 is 4.74 Å². The smallest absolute Gasteiger partial charge is 0.193 e. The summed E-state index contributed by atoms with van der Waals surface area (Å²) < 4.78 is 7.00. The van der Waals surface area contributed by atoms with Crippen LogP contribution in [0.3, 0.4) is 0 Å². The Balaban J connectivity index is 1.73. The van der Waals surface area contributed by atoms with Crippen LogP contribution >= 0.6 is 11.6 Å². The number of rotatable bonds is 6. The molecule has 1 unspecified atom stereocenters. The molecule has 1 heterocycles. The lowest BCUT2D eigenvalue weighted by Crippen LogP contribution is -2.25. The molecule has 0 saturated heterocycles. The number of nitrogens with one attached hydrogen (secondary N) is 1. The number of anilines is 1. The molecule has 0 spiro atoms. The normalized spacial score (nSPS) is 12.6. The van der Waals surface area contributed by atoms with Crippen molar-refractivity contribution in [2.75, 3.05) is 19.0 Å². The average Bonchev–Trinajstić information content (AvgIpc) is 3.18. The van der Waals surface area contributed by atoms with Crippen LogP contribution < -0.4 is 15.8 Å². The van der Waals surface area contributed by atoms with Gasteiger partial charge in [0.2, 0.25) is 0 Å². The maximum Gasteiger partial charge on any atom is 0.193 e. The number of methoxy groups -OCH3 is 1. The second-order valence-corrected chi connectivity index (χ2v) is 6.07. The van der Waals surface area contributed by atoms with E-state index < -0.39 is 0 Å². The number of hydrogen-bond acceptors (Lipinski definition) is 3. The highest BCUT2D eigenvalue weighted by molar-refractivity contribution is 6.30. The lowest BCUT2D eigenvalue weighted by molar-refractivity contribution is 0.415. The summed E-state index contributed by atoms with van der Waals surface area (Å²) in [4.78, 5) is 4.48. The first-order chi connectivity index (χ1) is 12.7. The van der Waals surface area contributed by atoms with Gasteiger partial charge in [0.15, 0.2) is 5.96 Å². The van der Waals surface area contributed by atoms with Gasteiger partial charge in [-0.1, -0.05) is 23.7 Å². The minimum atomic E-state index is -0.0708. The largest absolute Gasteiger partial charge is 0.497 e. The van der Waals surface area contributed by atoms with Crippen molar-refractivity contribution in [3.63, 3.8) is 0 Å². The highest BCUT2D eigenvalue weighted by Gasteiger charge is 2.14. The van der Waals surface area contributed by atoms with Gasteiger partial charge in [-0.25, -0.2) is 0 Å². The van der Waals surface area contributed by atoms with Crippen LogP contribution in [0.4, 0.5) is 5.69 Å². The second-order valence-electron chi connectivity index (χ2n) is 5.63. The average molecular weight is 370 g/mol. The summed E-state index contributed by atoms with van der Waals surface area (Å²) in [5.74, 6) is 1.12. The quantitative estimate of drug-likeness (QED) is 0.514. The highest BCUT2D eigenvalue weighted by atomic mass is 35.5. The fourth-order valence-electron chi connectivity index (χ4n) is 2.54. The number of aromatic nitrogens is 2. The molecule has 0 aliphatic carbocycles. The number of halogens is 1. The summed E-state index contributed by atoms with van der Waals surface area (Å²) in [5.41, 5.74) is 7.93. The SMILES string of the molecule is COc1ccc(NC(N)=NCC(c2ccc(Cl)cc2)n2cccn2)cc1. The fourth-order valence-corrected chi connectivity index (χ4v) is 2.66. The number of aliphatic imine (C=N–C) groups is 1. The molecule has 1 atom stereocenters. The number of ether oxygens (including phenoxy) is 1. The lowest BCUT2D eigenvalue weighted by atomic mass is 10.1. The zero-order valence-electron chi connectivity index (χ0n) is 14.3. The van der Waals surface area contributed by atoms with E-state index in [1.54, 1.807) is 13.3 Å². The van der Waals surface area contributed by atoms with Gasteiger partial charge >= 0.3 is 0 Å². The van der Waals surface area contributed by atoms with Crippen molar-refractivity contribution in [3.05, 3.63) is 77.6 Å². The summed E-state index contributed by atoms with van der Waals surface area (Å²) in [6.07, 6.45) is 3.65. The fraction of sp³-hybridized carbons (Fsp3) is 0.158. The molecule has 3 aromatic rings. The molecule has 2 aromatic carbocycles. The molecule has 3 N–H and O–H groups in total. The van der Waals surface area contributed by atoms with Gasteiger partial charge in [0.1, 0.15) is 5.75 Å². The predicted molar refractivity (Wildman–Crippen MR) is 105 cm³/mol. The Bertz CT molecular complexity index is 845. The molecule has 26 heavy (non-hydrogen) atoms. The summed E-state index contributed by atoms with van der Waals surface area (Å²) in [6.45, 7) is 0.443. The Morgan fingerprint density at radius 2 is 1.96 bits per heavy atom. The molecule has 6 nitrogen and oxygen atoms in total. The summed E-state index contributed by atoms with van der Waals surface area (Å²) in [6, 6.07) is 16.9. The van der Waals surface area contributed by atoms with Gasteiger partial charge in [-0.15, -0.1) is 0 Å². The zero-order valence-corrected chi connectivity index (χ0v) is 15.1. The van der Waals surface area contributed by atoms with Gasteiger partial charge in [0.25, 0.3) is 0 Å². The maximum atomic E-state index is 6.04. The first-order valence-corrected chi connectivity index (χ1v) is 8.49. The summed E-state index contributed by atoms with van der Waals surface area (Å²) in [7, 11) is 1.63. The summed E-state index contributed by atoms with van der Waals surface area (Å²) >= 11 is 5.99. The monoisotopic (exact) mass is 369 g/mol. The van der Waals surface area contributed by atoms with Gasteiger partial charge in [0.05, 0.1) is 19.7 Å². The van der Waals surface area contributed by atoms with Crippen molar-refractivity contribution in [1.82, 2.24) is 9.78 Å². The number of benzene rings is 2. The van der Waals surface area contributed by atoms with Crippen LogP contribution in [0.15, 0.2) is 72.0 Å². The Morgan fingerprint density at radius 3 is 2.58 bits per heavy atom. The standard InChI is InChI=1S/C19H20ClN5O/c1-26-17-9-7-16(8-10-17)24-19(21)22-13-18(25-12-2-11-23-25)14-3-5-15(20)6-4-14/h2-12,18H,13H2,1H3,(H3,21,22,24). The highest BCUT2D eigenvalue weighted by Crippen LogP contribution is 2.20. The maximum absolute atomic E-state index is 6.04. The van der Waals surface area contributed by atoms with Gasteiger partial charge < -0.3 is 15.8 Å². The Hall–Kier alpha value is -2.99. The van der Waals surface area contributed by atoms with Crippen molar-refractivity contribution in [2.24, 2.45) is 10.7 Å². The number of hydrogen-bond donors (Lipinski definition) is 2. The van der Waals surface area contributed by atoms with Crippen molar-refractivity contribution in [1.29, 1.82) is 0 Å². The van der Waals surface area contributed by atoms with Crippen LogP contribution in [-0.4, -0.2) is 29.4 Å². The van der Waals surface area contributed by atoms with E-state index >= 15 is 0 Å². The first kappa shape index (κ1) is 17.8. The van der Waals surface area contributed by atoms with Gasteiger partial charge in [0, 0.05) is 23.1 Å². The van der Waals surface area contributed by atoms with Gasteiger partial charge in [-0.2, -0.15) is 5.10 Å². The van der Waals surface area contributed by atoms with Gasteiger partial charge in [-0.3, -0.25) is 9.67 Å².